The molecule has 3 aromatic carbocycles. The normalized spacial score (nSPS) is 26.0. The molecule has 1 heterocycles. The smallest absolute Gasteiger partial charge is 0.312 e. The quantitative estimate of drug-likeness (QED) is 0.238. The lowest BCUT2D eigenvalue weighted by atomic mass is 9.70. The Morgan fingerprint density at radius 1 is 0.976 bits per heavy atom. The van der Waals surface area contributed by atoms with Gasteiger partial charge in [0.05, 0.1) is 39.4 Å². The van der Waals surface area contributed by atoms with Gasteiger partial charge in [-0.15, -0.1) is 0 Å². The molecule has 2 aliphatic rings. The Morgan fingerprint density at radius 2 is 1.71 bits per heavy atom. The molecule has 0 bridgehead atoms. The molecule has 3 N–H and O–H groups in total. The van der Waals surface area contributed by atoms with Crippen LogP contribution in [0.3, 0.4) is 0 Å². The maximum atomic E-state index is 13.3. The highest BCUT2D eigenvalue weighted by molar-refractivity contribution is 5.78. The number of fused-ring (bicyclic) bond motifs is 3. The number of nitrogens with one attached hydrogen (secondary N) is 1. The van der Waals surface area contributed by atoms with Crippen molar-refractivity contribution in [1.82, 2.24) is 5.32 Å². The standard InChI is InChI=1S/C32H37NO8/c1-33-16-8-9-17-40-23-18-24(38-3)28-25(19-23)41-32(21-12-14-22(37-2)15-13-21)27(20-10-6-5-7-11-20)26(30(35)39-4)29(34)31(28,32)36/h5-7,10-15,18-19,26-27,29,33-34,36H,8-9,16-17H2,1-4H3/t26-,27?,29-,31+,32+/m1/s1. The number of unbranched alkanes of at least 4 members (excludes halogenated alkanes) is 1. The molecule has 9 nitrogen and oxygen atoms in total. The van der Waals surface area contributed by atoms with E-state index in [4.69, 9.17) is 23.7 Å². The Morgan fingerprint density at radius 3 is 2.34 bits per heavy atom. The fourth-order valence-electron chi connectivity index (χ4n) is 6.46. The SMILES string of the molecule is CNCCCCOc1cc(OC)c2c(c1)O[C@@]1(c3ccc(OC)cc3)C(c3ccccc3)[C@@H](C(=O)OC)[C@@H](O)[C@@]21O. The number of ether oxygens (including phenoxy) is 5. The van der Waals surface area contributed by atoms with Crippen LogP contribution in [0.25, 0.3) is 0 Å². The average Bonchev–Trinajstić information content (AvgIpc) is 3.38. The van der Waals surface area contributed by atoms with E-state index in [9.17, 15) is 15.0 Å². The molecular formula is C32H37NO8. The molecule has 218 valence electrons. The number of esters is 1. The number of carbonyl (C=O) groups is 1. The van der Waals surface area contributed by atoms with E-state index in [2.05, 4.69) is 5.32 Å². The van der Waals surface area contributed by atoms with Crippen molar-refractivity contribution in [2.75, 3.05) is 41.5 Å². The first-order valence-electron chi connectivity index (χ1n) is 13.7. The Hall–Kier alpha value is -3.79. The molecule has 3 aromatic rings. The van der Waals surface area contributed by atoms with Gasteiger partial charge in [0.2, 0.25) is 0 Å². The van der Waals surface area contributed by atoms with Crippen LogP contribution in [0.15, 0.2) is 66.7 Å². The van der Waals surface area contributed by atoms with E-state index in [0.29, 0.717) is 35.0 Å². The number of aliphatic hydroxyl groups excluding tert-OH is 1. The molecule has 0 aromatic heterocycles. The third kappa shape index (κ3) is 4.48. The average molecular weight is 564 g/mol. The molecule has 0 spiro atoms. The number of hydrogen-bond acceptors (Lipinski definition) is 9. The lowest BCUT2D eigenvalue weighted by Gasteiger charge is -2.40. The van der Waals surface area contributed by atoms with Crippen LogP contribution in [-0.2, 0) is 20.7 Å². The van der Waals surface area contributed by atoms with Gasteiger partial charge in [-0.2, -0.15) is 0 Å². The summed E-state index contributed by atoms with van der Waals surface area (Å²) in [4.78, 5) is 13.3. The summed E-state index contributed by atoms with van der Waals surface area (Å²) in [6.07, 6.45) is 0.192. The molecule has 1 saturated carbocycles. The van der Waals surface area contributed by atoms with Crippen LogP contribution in [0.2, 0.25) is 0 Å². The second kappa shape index (κ2) is 11.6. The zero-order chi connectivity index (χ0) is 29.2. The predicted molar refractivity (Wildman–Crippen MR) is 152 cm³/mol. The summed E-state index contributed by atoms with van der Waals surface area (Å²) in [7, 11) is 6.23. The zero-order valence-corrected chi connectivity index (χ0v) is 23.8. The van der Waals surface area contributed by atoms with E-state index < -0.39 is 35.1 Å². The van der Waals surface area contributed by atoms with Gasteiger partial charge in [0.15, 0.2) is 11.2 Å². The van der Waals surface area contributed by atoms with Crippen molar-refractivity contribution in [3.05, 3.63) is 83.4 Å². The van der Waals surface area contributed by atoms with E-state index in [0.717, 1.165) is 19.4 Å². The van der Waals surface area contributed by atoms with Crippen molar-refractivity contribution in [2.24, 2.45) is 5.92 Å². The largest absolute Gasteiger partial charge is 0.497 e. The molecule has 0 saturated heterocycles. The summed E-state index contributed by atoms with van der Waals surface area (Å²) in [5.74, 6) is -0.960. The number of benzene rings is 3. The van der Waals surface area contributed by atoms with Gasteiger partial charge < -0.3 is 39.2 Å². The molecule has 9 heteroatoms. The second-order valence-corrected chi connectivity index (χ2v) is 10.4. The molecule has 1 fully saturated rings. The highest BCUT2D eigenvalue weighted by atomic mass is 16.6. The van der Waals surface area contributed by atoms with Crippen molar-refractivity contribution in [3.63, 3.8) is 0 Å². The van der Waals surface area contributed by atoms with E-state index in [1.807, 2.05) is 37.4 Å². The lowest BCUT2D eigenvalue weighted by Crippen LogP contribution is -2.52. The van der Waals surface area contributed by atoms with Gasteiger partial charge in [-0.3, -0.25) is 4.79 Å². The summed E-state index contributed by atoms with van der Waals surface area (Å²) in [6, 6.07) is 19.7. The van der Waals surface area contributed by atoms with Gasteiger partial charge >= 0.3 is 5.97 Å². The van der Waals surface area contributed by atoms with Crippen molar-refractivity contribution >= 4 is 5.97 Å². The first-order chi connectivity index (χ1) is 19.9. The fourth-order valence-corrected chi connectivity index (χ4v) is 6.46. The minimum Gasteiger partial charge on any atom is -0.497 e. The van der Waals surface area contributed by atoms with Crippen LogP contribution < -0.4 is 24.3 Å². The minimum absolute atomic E-state index is 0.248. The first kappa shape index (κ1) is 28.7. The van der Waals surface area contributed by atoms with Gasteiger partial charge in [0.25, 0.3) is 0 Å². The molecule has 1 aliphatic carbocycles. The number of hydrogen-bond donors (Lipinski definition) is 3. The summed E-state index contributed by atoms with van der Waals surface area (Å²) in [6.45, 7) is 1.37. The van der Waals surface area contributed by atoms with Crippen LogP contribution in [0.5, 0.6) is 23.0 Å². The number of carbonyl (C=O) groups excluding carboxylic acids is 1. The number of aliphatic hydroxyl groups is 2. The maximum Gasteiger partial charge on any atom is 0.312 e. The number of rotatable bonds is 11. The monoisotopic (exact) mass is 563 g/mol. The molecule has 41 heavy (non-hydrogen) atoms. The van der Waals surface area contributed by atoms with E-state index in [1.165, 1.54) is 14.2 Å². The summed E-state index contributed by atoms with van der Waals surface area (Å²) < 4.78 is 29.2. The van der Waals surface area contributed by atoms with E-state index in [1.54, 1.807) is 43.5 Å². The van der Waals surface area contributed by atoms with Crippen LogP contribution >= 0.6 is 0 Å². The summed E-state index contributed by atoms with van der Waals surface area (Å²) in [5, 5.41) is 28.0. The molecule has 5 rings (SSSR count). The van der Waals surface area contributed by atoms with Crippen molar-refractivity contribution in [1.29, 1.82) is 0 Å². The second-order valence-electron chi connectivity index (χ2n) is 10.4. The molecule has 0 radical (unpaired) electrons. The number of methoxy groups -OCH3 is 3. The van der Waals surface area contributed by atoms with Gasteiger partial charge in [-0.1, -0.05) is 42.5 Å². The van der Waals surface area contributed by atoms with Gasteiger partial charge in [-0.05, 0) is 49.7 Å². The third-order valence-electron chi connectivity index (χ3n) is 8.28. The van der Waals surface area contributed by atoms with Gasteiger partial charge in [0.1, 0.15) is 29.1 Å². The predicted octanol–water partition coefficient (Wildman–Crippen LogP) is 3.51. The van der Waals surface area contributed by atoms with E-state index in [-0.39, 0.29) is 11.3 Å². The molecule has 1 aliphatic heterocycles. The highest BCUT2D eigenvalue weighted by Gasteiger charge is 2.78. The van der Waals surface area contributed by atoms with Gasteiger partial charge in [-0.25, -0.2) is 0 Å². The molecule has 1 unspecified atom stereocenters. The Bertz CT molecular complexity index is 1360. The fraction of sp³-hybridized carbons (Fsp3) is 0.406. The molecular weight excluding hydrogens is 526 g/mol. The van der Waals surface area contributed by atoms with Crippen molar-refractivity contribution in [2.45, 2.75) is 36.1 Å². The Kier molecular flexibility index (Phi) is 8.13. The first-order valence-corrected chi connectivity index (χ1v) is 13.7. The topological polar surface area (TPSA) is 116 Å². The molecule has 5 atom stereocenters. The maximum absolute atomic E-state index is 13.3. The van der Waals surface area contributed by atoms with Crippen molar-refractivity contribution < 1.29 is 38.7 Å². The molecule has 0 amide bonds. The Balaban J connectivity index is 1.72. The highest BCUT2D eigenvalue weighted by Crippen LogP contribution is 2.70. The van der Waals surface area contributed by atoms with Crippen molar-refractivity contribution in [3.8, 4) is 23.0 Å². The Labute approximate surface area is 240 Å². The van der Waals surface area contributed by atoms with Gasteiger partial charge in [0, 0.05) is 18.1 Å². The van der Waals surface area contributed by atoms with Crippen LogP contribution in [-0.4, -0.2) is 63.8 Å². The van der Waals surface area contributed by atoms with Crippen LogP contribution in [0.4, 0.5) is 0 Å². The van der Waals surface area contributed by atoms with E-state index >= 15 is 0 Å². The lowest BCUT2D eigenvalue weighted by molar-refractivity contribution is -0.161. The third-order valence-corrected chi connectivity index (χ3v) is 8.28. The summed E-state index contributed by atoms with van der Waals surface area (Å²) >= 11 is 0. The van der Waals surface area contributed by atoms with Crippen LogP contribution in [0.1, 0.15) is 35.4 Å². The summed E-state index contributed by atoms with van der Waals surface area (Å²) in [5.41, 5.74) is -2.25. The minimum atomic E-state index is -2.10. The zero-order valence-electron chi connectivity index (χ0n) is 23.8. The van der Waals surface area contributed by atoms with Crippen LogP contribution in [0, 0.1) is 5.92 Å².